The van der Waals surface area contributed by atoms with Crippen molar-refractivity contribution in [3.8, 4) is 11.5 Å². The lowest BCUT2D eigenvalue weighted by atomic mass is 10.1. The summed E-state index contributed by atoms with van der Waals surface area (Å²) in [5, 5.41) is 18.2. The molecule has 0 radical (unpaired) electrons. The van der Waals surface area contributed by atoms with E-state index in [4.69, 9.17) is 9.84 Å². The number of hydrogen-bond donors (Lipinski definition) is 2. The van der Waals surface area contributed by atoms with E-state index in [0.717, 1.165) is 0 Å². The molecule has 0 amide bonds. The lowest BCUT2D eigenvalue weighted by Crippen LogP contribution is -1.98. The van der Waals surface area contributed by atoms with Gasteiger partial charge in [0.2, 0.25) is 0 Å². The Hall–Kier alpha value is -1.97. The molecule has 0 spiro atoms. The third kappa shape index (κ3) is 2.76. The summed E-state index contributed by atoms with van der Waals surface area (Å²) in [7, 11) is 1.44. The zero-order valence-corrected chi connectivity index (χ0v) is 9.23. The van der Waals surface area contributed by atoms with Crippen molar-refractivity contribution in [1.29, 1.82) is 0 Å². The molecule has 0 saturated carbocycles. The van der Waals surface area contributed by atoms with Crippen molar-refractivity contribution < 1.29 is 19.7 Å². The number of carbonyl (C=O) groups is 1. The number of rotatable bonds is 4. The average molecular weight is 222 g/mol. The molecule has 0 unspecified atom stereocenters. The van der Waals surface area contributed by atoms with Gasteiger partial charge in [-0.15, -0.1) is 0 Å². The van der Waals surface area contributed by atoms with Crippen LogP contribution in [0.15, 0.2) is 23.8 Å². The molecule has 0 fully saturated rings. The van der Waals surface area contributed by atoms with Crippen LogP contribution in [-0.2, 0) is 4.79 Å². The molecule has 0 atom stereocenters. The Labute approximate surface area is 93.8 Å². The summed E-state index contributed by atoms with van der Waals surface area (Å²) in [4.78, 5) is 10.8. The molecule has 0 bridgehead atoms. The van der Waals surface area contributed by atoms with Crippen molar-refractivity contribution in [2.45, 2.75) is 13.3 Å². The summed E-state index contributed by atoms with van der Waals surface area (Å²) in [5.41, 5.74) is 1.00. The fourth-order valence-corrected chi connectivity index (χ4v) is 1.30. The van der Waals surface area contributed by atoms with Gasteiger partial charge in [0.05, 0.1) is 7.11 Å². The van der Waals surface area contributed by atoms with Gasteiger partial charge in [-0.3, -0.25) is 0 Å². The second kappa shape index (κ2) is 5.21. The van der Waals surface area contributed by atoms with Crippen LogP contribution in [0.4, 0.5) is 0 Å². The minimum Gasteiger partial charge on any atom is -0.504 e. The number of ether oxygens (including phenoxy) is 1. The first kappa shape index (κ1) is 12.1. The van der Waals surface area contributed by atoms with Crippen LogP contribution in [0.2, 0.25) is 0 Å². The zero-order chi connectivity index (χ0) is 12.1. The van der Waals surface area contributed by atoms with Gasteiger partial charge < -0.3 is 14.9 Å². The maximum Gasteiger partial charge on any atom is 0.331 e. The number of carboxylic acids is 1. The van der Waals surface area contributed by atoms with Crippen molar-refractivity contribution in [2.24, 2.45) is 0 Å². The van der Waals surface area contributed by atoms with Crippen molar-refractivity contribution in [3.05, 3.63) is 29.3 Å². The molecule has 0 aliphatic heterocycles. The number of aromatic hydroxyl groups is 1. The molecule has 0 heterocycles. The number of phenols is 1. The molecule has 1 aromatic carbocycles. The van der Waals surface area contributed by atoms with Crippen LogP contribution >= 0.6 is 0 Å². The summed E-state index contributed by atoms with van der Waals surface area (Å²) in [5.74, 6) is -0.572. The molecule has 0 aliphatic carbocycles. The van der Waals surface area contributed by atoms with Crippen LogP contribution < -0.4 is 4.74 Å². The lowest BCUT2D eigenvalue weighted by Gasteiger charge is -2.04. The molecule has 1 aromatic rings. The Morgan fingerprint density at radius 1 is 1.50 bits per heavy atom. The summed E-state index contributed by atoms with van der Waals surface area (Å²) >= 11 is 0. The monoisotopic (exact) mass is 222 g/mol. The topological polar surface area (TPSA) is 66.8 Å². The molecule has 0 aliphatic rings. The summed E-state index contributed by atoms with van der Waals surface area (Å²) in [6, 6.07) is 4.70. The minimum absolute atomic E-state index is 0.0352. The number of phenolic OH excluding ortho intramolecular Hbond substituents is 1. The molecule has 86 valence electrons. The van der Waals surface area contributed by atoms with Crippen LogP contribution in [-0.4, -0.2) is 23.3 Å². The Morgan fingerprint density at radius 2 is 2.19 bits per heavy atom. The van der Waals surface area contributed by atoms with Crippen LogP contribution in [0, 0.1) is 0 Å². The first-order chi connectivity index (χ1) is 7.58. The van der Waals surface area contributed by atoms with E-state index in [1.807, 2.05) is 0 Å². The molecule has 16 heavy (non-hydrogen) atoms. The number of carboxylic acid groups (broad SMARTS) is 1. The number of benzene rings is 1. The first-order valence-electron chi connectivity index (χ1n) is 4.89. The Kier molecular flexibility index (Phi) is 3.94. The van der Waals surface area contributed by atoms with Gasteiger partial charge in [0.15, 0.2) is 11.5 Å². The maximum atomic E-state index is 10.8. The van der Waals surface area contributed by atoms with E-state index in [0.29, 0.717) is 23.3 Å². The van der Waals surface area contributed by atoms with Gasteiger partial charge in [-0.25, -0.2) is 4.79 Å². The van der Waals surface area contributed by atoms with Crippen molar-refractivity contribution in [1.82, 2.24) is 0 Å². The van der Waals surface area contributed by atoms with Crippen molar-refractivity contribution in [3.63, 3.8) is 0 Å². The summed E-state index contributed by atoms with van der Waals surface area (Å²) < 4.78 is 4.93. The Balaban J connectivity index is 3.10. The van der Waals surface area contributed by atoms with E-state index in [1.54, 1.807) is 25.1 Å². The standard InChI is InChI=1S/C12H14O4/c1-3-9(12(14)15)6-8-4-5-10(13)11(7-8)16-2/h4-7,13H,3H2,1-2H3,(H,14,15)/b9-6+. The van der Waals surface area contributed by atoms with Crippen LogP contribution in [0.25, 0.3) is 6.08 Å². The van der Waals surface area contributed by atoms with E-state index in [2.05, 4.69) is 0 Å². The fourth-order valence-electron chi connectivity index (χ4n) is 1.30. The third-order valence-corrected chi connectivity index (χ3v) is 2.20. The maximum absolute atomic E-state index is 10.8. The minimum atomic E-state index is -0.936. The molecule has 1 rings (SSSR count). The van der Waals surface area contributed by atoms with Gasteiger partial charge in [-0.05, 0) is 30.2 Å². The highest BCUT2D eigenvalue weighted by atomic mass is 16.5. The molecule has 2 N–H and O–H groups in total. The molecule has 0 saturated heterocycles. The van der Waals surface area contributed by atoms with E-state index in [1.165, 1.54) is 13.2 Å². The molecule has 0 aromatic heterocycles. The quantitative estimate of drug-likeness (QED) is 0.767. The van der Waals surface area contributed by atoms with Crippen molar-refractivity contribution >= 4 is 12.0 Å². The van der Waals surface area contributed by atoms with Crippen LogP contribution in [0.1, 0.15) is 18.9 Å². The third-order valence-electron chi connectivity index (χ3n) is 2.20. The number of hydrogen-bond acceptors (Lipinski definition) is 3. The van der Waals surface area contributed by atoms with Gasteiger partial charge in [-0.2, -0.15) is 0 Å². The lowest BCUT2D eigenvalue weighted by molar-refractivity contribution is -0.132. The highest BCUT2D eigenvalue weighted by Gasteiger charge is 2.06. The van der Waals surface area contributed by atoms with Crippen LogP contribution in [0.3, 0.4) is 0 Å². The second-order valence-corrected chi connectivity index (χ2v) is 3.26. The van der Waals surface area contributed by atoms with E-state index >= 15 is 0 Å². The zero-order valence-electron chi connectivity index (χ0n) is 9.23. The summed E-state index contributed by atoms with van der Waals surface area (Å²) in [6.07, 6.45) is 2.00. The SMILES string of the molecule is CC/C(=C\c1ccc(O)c(OC)c1)C(=O)O. The molecule has 4 nitrogen and oxygen atoms in total. The second-order valence-electron chi connectivity index (χ2n) is 3.26. The Morgan fingerprint density at radius 3 is 2.69 bits per heavy atom. The van der Waals surface area contributed by atoms with Gasteiger partial charge >= 0.3 is 5.97 Å². The van der Waals surface area contributed by atoms with Gasteiger partial charge in [0.25, 0.3) is 0 Å². The fraction of sp³-hybridized carbons (Fsp3) is 0.250. The van der Waals surface area contributed by atoms with Gasteiger partial charge in [0, 0.05) is 5.57 Å². The normalized spacial score (nSPS) is 11.2. The first-order valence-corrected chi connectivity index (χ1v) is 4.89. The van der Waals surface area contributed by atoms with Crippen LogP contribution in [0.5, 0.6) is 11.5 Å². The smallest absolute Gasteiger partial charge is 0.331 e. The molecular formula is C12H14O4. The highest BCUT2D eigenvalue weighted by Crippen LogP contribution is 2.27. The average Bonchev–Trinajstić information content (AvgIpc) is 2.27. The van der Waals surface area contributed by atoms with Gasteiger partial charge in [0.1, 0.15) is 0 Å². The van der Waals surface area contributed by atoms with Crippen molar-refractivity contribution in [2.75, 3.05) is 7.11 Å². The predicted octanol–water partition coefficient (Wildman–Crippen LogP) is 2.28. The van der Waals surface area contributed by atoms with E-state index in [9.17, 15) is 9.90 Å². The number of aliphatic carboxylic acids is 1. The van der Waals surface area contributed by atoms with E-state index in [-0.39, 0.29) is 5.75 Å². The predicted molar refractivity (Wildman–Crippen MR) is 60.6 cm³/mol. The van der Waals surface area contributed by atoms with Gasteiger partial charge in [-0.1, -0.05) is 13.0 Å². The van der Waals surface area contributed by atoms with E-state index < -0.39 is 5.97 Å². The molecule has 4 heteroatoms. The number of methoxy groups -OCH3 is 1. The highest BCUT2D eigenvalue weighted by molar-refractivity contribution is 5.92. The largest absolute Gasteiger partial charge is 0.504 e. The molecular weight excluding hydrogens is 208 g/mol. The Bertz CT molecular complexity index is 421. The summed E-state index contributed by atoms with van der Waals surface area (Å²) in [6.45, 7) is 1.78.